The third kappa shape index (κ3) is 5.64. The van der Waals surface area contributed by atoms with Gasteiger partial charge in [0.15, 0.2) is 0 Å². The Balaban J connectivity index is 1.51. The fourth-order valence-electron chi connectivity index (χ4n) is 3.92. The number of methoxy groups -OCH3 is 1. The Kier molecular flexibility index (Phi) is 7.83. The number of carboxylic acid groups (broad SMARTS) is 1. The Morgan fingerprint density at radius 3 is 2.16 bits per heavy atom. The van der Waals surface area contributed by atoms with E-state index in [2.05, 4.69) is 22.8 Å². The number of benzene rings is 2. The maximum Gasteiger partial charge on any atom is 0.407 e. The molecule has 2 aromatic rings. The molecule has 2 aromatic carbocycles. The highest BCUT2D eigenvalue weighted by Gasteiger charge is 2.29. The third-order valence-corrected chi connectivity index (χ3v) is 5.44. The van der Waals surface area contributed by atoms with E-state index >= 15 is 0 Å². The molecular weight excluding hydrogens is 412 g/mol. The van der Waals surface area contributed by atoms with Gasteiger partial charge in [-0.05, 0) is 29.2 Å². The number of hydrogen-bond donors (Lipinski definition) is 3. The zero-order valence-corrected chi connectivity index (χ0v) is 18.2. The van der Waals surface area contributed by atoms with Crippen molar-refractivity contribution in [2.45, 2.75) is 37.8 Å². The van der Waals surface area contributed by atoms with Gasteiger partial charge in [-0.2, -0.15) is 0 Å². The van der Waals surface area contributed by atoms with Crippen molar-refractivity contribution in [3.05, 3.63) is 59.7 Å². The lowest BCUT2D eigenvalue weighted by molar-refractivity contribution is -0.142. The van der Waals surface area contributed by atoms with Crippen LogP contribution in [0, 0.1) is 0 Å². The predicted molar refractivity (Wildman–Crippen MR) is 118 cm³/mol. The lowest BCUT2D eigenvalue weighted by atomic mass is 9.98. The number of ether oxygens (including phenoxy) is 2. The Morgan fingerprint density at radius 2 is 1.59 bits per heavy atom. The van der Waals surface area contributed by atoms with Gasteiger partial charge in [-0.1, -0.05) is 48.5 Å². The minimum absolute atomic E-state index is 0.0520. The summed E-state index contributed by atoms with van der Waals surface area (Å²) in [6, 6.07) is 14.5. The van der Waals surface area contributed by atoms with Gasteiger partial charge >= 0.3 is 12.1 Å². The SMILES string of the molecule is COCCC(NC(=O)CC(C)NC(=O)OCC1c2ccccc2-c2ccccc21)C(=O)O. The van der Waals surface area contributed by atoms with Crippen molar-refractivity contribution in [3.63, 3.8) is 0 Å². The number of hydrogen-bond acceptors (Lipinski definition) is 5. The van der Waals surface area contributed by atoms with E-state index in [1.54, 1.807) is 6.92 Å². The van der Waals surface area contributed by atoms with Crippen molar-refractivity contribution in [3.8, 4) is 11.1 Å². The molecule has 2 unspecified atom stereocenters. The van der Waals surface area contributed by atoms with Crippen LogP contribution in [-0.4, -0.2) is 55.5 Å². The van der Waals surface area contributed by atoms with Crippen LogP contribution in [0.15, 0.2) is 48.5 Å². The van der Waals surface area contributed by atoms with Crippen LogP contribution >= 0.6 is 0 Å². The average Bonchev–Trinajstić information content (AvgIpc) is 3.08. The van der Waals surface area contributed by atoms with Crippen LogP contribution in [-0.2, 0) is 19.1 Å². The first-order valence-corrected chi connectivity index (χ1v) is 10.5. The number of nitrogens with one attached hydrogen (secondary N) is 2. The molecule has 0 aromatic heterocycles. The maximum absolute atomic E-state index is 12.3. The Morgan fingerprint density at radius 1 is 1.00 bits per heavy atom. The molecule has 0 saturated heterocycles. The second kappa shape index (κ2) is 10.8. The first-order chi connectivity index (χ1) is 15.4. The number of carbonyl (C=O) groups excluding carboxylic acids is 2. The molecular formula is C24H28N2O6. The minimum Gasteiger partial charge on any atom is -0.480 e. The summed E-state index contributed by atoms with van der Waals surface area (Å²) in [5.74, 6) is -1.66. The molecule has 8 heteroatoms. The summed E-state index contributed by atoms with van der Waals surface area (Å²) in [6.07, 6.45) is -0.534. The number of rotatable bonds is 10. The largest absolute Gasteiger partial charge is 0.480 e. The molecule has 0 radical (unpaired) electrons. The highest BCUT2D eigenvalue weighted by molar-refractivity contribution is 5.84. The van der Waals surface area contributed by atoms with E-state index in [1.807, 2.05) is 36.4 Å². The Hall–Kier alpha value is -3.39. The first kappa shape index (κ1) is 23.3. The number of aliphatic carboxylic acids is 1. The van der Waals surface area contributed by atoms with Gasteiger partial charge in [0.25, 0.3) is 0 Å². The van der Waals surface area contributed by atoms with Crippen molar-refractivity contribution in [2.24, 2.45) is 0 Å². The third-order valence-electron chi connectivity index (χ3n) is 5.44. The number of fused-ring (bicyclic) bond motifs is 3. The van der Waals surface area contributed by atoms with E-state index in [1.165, 1.54) is 7.11 Å². The van der Waals surface area contributed by atoms with Crippen molar-refractivity contribution >= 4 is 18.0 Å². The van der Waals surface area contributed by atoms with E-state index in [4.69, 9.17) is 9.47 Å². The number of amides is 2. The van der Waals surface area contributed by atoms with E-state index in [9.17, 15) is 19.5 Å². The van der Waals surface area contributed by atoms with E-state index < -0.39 is 30.1 Å². The fourth-order valence-corrected chi connectivity index (χ4v) is 3.92. The van der Waals surface area contributed by atoms with Crippen molar-refractivity contribution in [2.75, 3.05) is 20.3 Å². The Labute approximate surface area is 186 Å². The predicted octanol–water partition coefficient (Wildman–Crippen LogP) is 2.91. The molecule has 32 heavy (non-hydrogen) atoms. The van der Waals surface area contributed by atoms with E-state index in [0.717, 1.165) is 22.3 Å². The molecule has 8 nitrogen and oxygen atoms in total. The normalized spacial score (nSPS) is 14.1. The summed E-state index contributed by atoms with van der Waals surface area (Å²) >= 11 is 0. The molecule has 0 bridgehead atoms. The van der Waals surface area contributed by atoms with Gasteiger partial charge in [-0.15, -0.1) is 0 Å². The van der Waals surface area contributed by atoms with Crippen LogP contribution in [0.25, 0.3) is 11.1 Å². The van der Waals surface area contributed by atoms with E-state index in [-0.39, 0.29) is 32.0 Å². The van der Waals surface area contributed by atoms with Crippen molar-refractivity contribution < 1.29 is 29.0 Å². The molecule has 2 amide bonds. The fraction of sp³-hybridized carbons (Fsp3) is 0.375. The topological polar surface area (TPSA) is 114 Å². The molecule has 0 spiro atoms. The lowest BCUT2D eigenvalue weighted by Gasteiger charge is -2.18. The summed E-state index contributed by atoms with van der Waals surface area (Å²) in [5, 5.41) is 14.3. The van der Waals surface area contributed by atoms with Crippen molar-refractivity contribution in [1.82, 2.24) is 10.6 Å². The molecule has 170 valence electrons. The summed E-state index contributed by atoms with van der Waals surface area (Å²) < 4.78 is 10.3. The van der Waals surface area contributed by atoms with Gasteiger partial charge in [-0.3, -0.25) is 4.79 Å². The smallest absolute Gasteiger partial charge is 0.407 e. The zero-order valence-electron chi connectivity index (χ0n) is 18.2. The standard InChI is InChI=1S/C24H28N2O6/c1-15(13-22(27)26-21(23(28)29)11-12-31-2)25-24(30)32-14-20-18-9-5-3-7-16(18)17-8-4-6-10-19(17)20/h3-10,15,20-21H,11-14H2,1-2H3,(H,25,30)(H,26,27)(H,28,29). The van der Waals surface area contributed by atoms with Crippen LogP contribution in [0.5, 0.6) is 0 Å². The zero-order chi connectivity index (χ0) is 23.1. The molecule has 3 rings (SSSR count). The second-order valence-electron chi connectivity index (χ2n) is 7.81. The highest BCUT2D eigenvalue weighted by atomic mass is 16.5. The number of carbonyl (C=O) groups is 3. The lowest BCUT2D eigenvalue weighted by Crippen LogP contribution is -2.44. The summed E-state index contributed by atoms with van der Waals surface area (Å²) in [5.41, 5.74) is 4.52. The van der Waals surface area contributed by atoms with Crippen LogP contribution in [0.4, 0.5) is 4.79 Å². The first-order valence-electron chi connectivity index (χ1n) is 10.5. The van der Waals surface area contributed by atoms with Crippen LogP contribution < -0.4 is 10.6 Å². The van der Waals surface area contributed by atoms with Gasteiger partial charge in [0.05, 0.1) is 0 Å². The highest BCUT2D eigenvalue weighted by Crippen LogP contribution is 2.44. The summed E-state index contributed by atoms with van der Waals surface area (Å²) in [6.45, 7) is 2.05. The maximum atomic E-state index is 12.3. The Bertz CT molecular complexity index is 931. The summed E-state index contributed by atoms with van der Waals surface area (Å²) in [4.78, 5) is 35.7. The van der Waals surface area contributed by atoms with Gasteiger partial charge < -0.3 is 25.2 Å². The molecule has 0 saturated carbocycles. The minimum atomic E-state index is -1.13. The van der Waals surface area contributed by atoms with Gasteiger partial charge in [0, 0.05) is 38.5 Å². The molecule has 1 aliphatic carbocycles. The van der Waals surface area contributed by atoms with Crippen LogP contribution in [0.1, 0.15) is 36.8 Å². The van der Waals surface area contributed by atoms with E-state index in [0.29, 0.717) is 0 Å². The number of carboxylic acids is 1. The van der Waals surface area contributed by atoms with Gasteiger partial charge in [0.1, 0.15) is 12.6 Å². The average molecular weight is 440 g/mol. The van der Waals surface area contributed by atoms with Gasteiger partial charge in [-0.25, -0.2) is 9.59 Å². The molecule has 0 fully saturated rings. The molecule has 2 atom stereocenters. The molecule has 1 aliphatic rings. The number of alkyl carbamates (subject to hydrolysis) is 1. The van der Waals surface area contributed by atoms with Crippen molar-refractivity contribution in [1.29, 1.82) is 0 Å². The van der Waals surface area contributed by atoms with Gasteiger partial charge in [0.2, 0.25) is 5.91 Å². The van der Waals surface area contributed by atoms with Crippen LogP contribution in [0.2, 0.25) is 0 Å². The summed E-state index contributed by atoms with van der Waals surface area (Å²) in [7, 11) is 1.46. The second-order valence-corrected chi connectivity index (χ2v) is 7.81. The molecule has 3 N–H and O–H groups in total. The molecule has 0 aliphatic heterocycles. The molecule has 0 heterocycles. The quantitative estimate of drug-likeness (QED) is 0.524. The monoisotopic (exact) mass is 440 g/mol. The van der Waals surface area contributed by atoms with Crippen LogP contribution in [0.3, 0.4) is 0 Å².